The molecule has 3 aromatic rings. The number of rotatable bonds is 8. The number of benzene rings is 1. The van der Waals surface area contributed by atoms with E-state index in [9.17, 15) is 9.59 Å². The molecular weight excluding hydrogens is 422 g/mol. The van der Waals surface area contributed by atoms with Crippen molar-refractivity contribution >= 4 is 33.3 Å². The van der Waals surface area contributed by atoms with Crippen LogP contribution in [-0.4, -0.2) is 60.0 Å². The molecule has 170 valence electrons. The van der Waals surface area contributed by atoms with Crippen molar-refractivity contribution in [3.05, 3.63) is 57.3 Å². The molecule has 0 spiro atoms. The molecule has 32 heavy (non-hydrogen) atoms. The highest BCUT2D eigenvalue weighted by molar-refractivity contribution is 7.17. The summed E-state index contributed by atoms with van der Waals surface area (Å²) >= 11 is 1.44. The molecule has 2 aromatic heterocycles. The molecule has 7 nitrogen and oxygen atoms in total. The predicted octanol–water partition coefficient (Wildman–Crippen LogP) is 3.27. The number of likely N-dealkylation sites (N-methyl/N-ethyl adjacent to an activating group) is 1. The average Bonchev–Trinajstić information content (AvgIpc) is 3.29. The van der Waals surface area contributed by atoms with Crippen LogP contribution in [-0.2, 0) is 6.42 Å². The van der Waals surface area contributed by atoms with Gasteiger partial charge in [-0.15, -0.1) is 0 Å². The molecular formula is C24H31N5O2S. The molecule has 1 atom stereocenters. The van der Waals surface area contributed by atoms with Gasteiger partial charge in [-0.1, -0.05) is 49.3 Å². The number of fused-ring (bicyclic) bond motifs is 1. The van der Waals surface area contributed by atoms with E-state index in [1.54, 1.807) is 6.20 Å². The smallest absolute Gasteiger partial charge is 0.263 e. The fourth-order valence-electron chi connectivity index (χ4n) is 4.06. The number of carbonyl (C=O) groups excluding carboxylic acids is 1. The zero-order chi connectivity index (χ0) is 22.5. The molecule has 1 amide bonds. The number of H-pyrrole nitrogens is 1. The average molecular weight is 454 g/mol. The van der Waals surface area contributed by atoms with Gasteiger partial charge in [0.05, 0.1) is 6.20 Å². The molecule has 1 aliphatic rings. The summed E-state index contributed by atoms with van der Waals surface area (Å²) in [5.41, 5.74) is 1.44. The number of aromatic nitrogens is 2. The van der Waals surface area contributed by atoms with Crippen molar-refractivity contribution in [3.8, 4) is 0 Å². The number of anilines is 1. The van der Waals surface area contributed by atoms with Crippen molar-refractivity contribution < 1.29 is 4.79 Å². The number of hydrogen-bond acceptors (Lipinski definition) is 6. The molecule has 1 fully saturated rings. The Morgan fingerprint density at radius 3 is 2.81 bits per heavy atom. The fraction of sp³-hybridized carbons (Fsp3) is 0.458. The lowest BCUT2D eigenvalue weighted by molar-refractivity contribution is 0.0938. The first-order chi connectivity index (χ1) is 15.5. The van der Waals surface area contributed by atoms with E-state index in [1.165, 1.54) is 11.3 Å². The Morgan fingerprint density at radius 1 is 1.25 bits per heavy atom. The van der Waals surface area contributed by atoms with Crippen LogP contribution in [0.3, 0.4) is 0 Å². The van der Waals surface area contributed by atoms with Crippen LogP contribution in [0.1, 0.15) is 41.4 Å². The maximum Gasteiger partial charge on any atom is 0.263 e. The highest BCUT2D eigenvalue weighted by atomic mass is 32.1. The van der Waals surface area contributed by atoms with Crippen molar-refractivity contribution in [2.24, 2.45) is 0 Å². The normalized spacial score (nSPS) is 15.8. The predicted molar refractivity (Wildman–Crippen MR) is 131 cm³/mol. The molecule has 1 aromatic carbocycles. The van der Waals surface area contributed by atoms with Gasteiger partial charge < -0.3 is 20.1 Å². The highest BCUT2D eigenvalue weighted by Crippen LogP contribution is 2.24. The zero-order valence-electron chi connectivity index (χ0n) is 18.8. The molecule has 0 saturated carbocycles. The lowest BCUT2D eigenvalue weighted by Gasteiger charge is -2.32. The number of pyridine rings is 1. The van der Waals surface area contributed by atoms with Gasteiger partial charge in [-0.25, -0.2) is 4.98 Å². The zero-order valence-corrected chi connectivity index (χ0v) is 19.6. The van der Waals surface area contributed by atoms with Gasteiger partial charge in [0, 0.05) is 43.3 Å². The second kappa shape index (κ2) is 10.3. The van der Waals surface area contributed by atoms with Gasteiger partial charge in [0.15, 0.2) is 5.13 Å². The molecule has 4 rings (SSSR count). The number of carbonyl (C=O) groups is 1. The van der Waals surface area contributed by atoms with Crippen molar-refractivity contribution in [3.63, 3.8) is 0 Å². The minimum atomic E-state index is -0.110. The second-order valence-electron chi connectivity index (χ2n) is 8.53. The van der Waals surface area contributed by atoms with Crippen molar-refractivity contribution in [1.82, 2.24) is 20.2 Å². The van der Waals surface area contributed by atoms with Crippen LogP contribution in [0.15, 0.2) is 41.3 Å². The third kappa shape index (κ3) is 5.37. The number of hydrogen-bond donors (Lipinski definition) is 2. The van der Waals surface area contributed by atoms with Crippen molar-refractivity contribution in [1.29, 1.82) is 0 Å². The first kappa shape index (κ1) is 22.5. The summed E-state index contributed by atoms with van der Waals surface area (Å²) in [7, 11) is 2.12. The van der Waals surface area contributed by atoms with Crippen molar-refractivity contribution in [2.45, 2.75) is 38.6 Å². The highest BCUT2D eigenvalue weighted by Gasteiger charge is 2.21. The van der Waals surface area contributed by atoms with Crippen LogP contribution in [0, 0.1) is 0 Å². The van der Waals surface area contributed by atoms with Gasteiger partial charge in [0.1, 0.15) is 4.88 Å². The van der Waals surface area contributed by atoms with E-state index in [0.717, 1.165) is 61.5 Å². The Bertz CT molecular complexity index is 1120. The molecule has 1 aliphatic heterocycles. The van der Waals surface area contributed by atoms with E-state index < -0.39 is 0 Å². The summed E-state index contributed by atoms with van der Waals surface area (Å²) in [5, 5.41) is 5.07. The molecule has 3 heterocycles. The molecule has 0 radical (unpaired) electrons. The van der Waals surface area contributed by atoms with Crippen LogP contribution in [0.2, 0.25) is 0 Å². The maximum atomic E-state index is 13.0. The van der Waals surface area contributed by atoms with E-state index in [-0.39, 0.29) is 17.5 Å². The summed E-state index contributed by atoms with van der Waals surface area (Å²) in [6.45, 7) is 5.98. The van der Waals surface area contributed by atoms with E-state index in [0.29, 0.717) is 16.9 Å². The largest absolute Gasteiger partial charge is 0.348 e. The molecule has 8 heteroatoms. The van der Waals surface area contributed by atoms with Gasteiger partial charge >= 0.3 is 0 Å². The van der Waals surface area contributed by atoms with Gasteiger partial charge in [0.25, 0.3) is 11.5 Å². The quantitative estimate of drug-likeness (QED) is 0.547. The third-order valence-electron chi connectivity index (χ3n) is 6.03. The van der Waals surface area contributed by atoms with E-state index in [4.69, 9.17) is 0 Å². The SMILES string of the molecule is CCCCC(Cc1cc2ccccc2[nH]c1=O)NC(=O)c1cnc(N2CCN(C)CC2)s1. The van der Waals surface area contributed by atoms with Crippen LogP contribution >= 0.6 is 11.3 Å². The molecule has 2 N–H and O–H groups in total. The standard InChI is InChI=1S/C24H31N5O2S/c1-3-4-8-19(15-18-14-17-7-5-6-9-20(17)27-22(18)30)26-23(31)21-16-25-24(32-21)29-12-10-28(2)11-13-29/h5-7,9,14,16,19H,3-4,8,10-13,15H2,1-2H3,(H,26,31)(H,27,30). The van der Waals surface area contributed by atoms with Crippen LogP contribution in [0.4, 0.5) is 5.13 Å². The minimum absolute atomic E-state index is 0.0883. The number of nitrogens with zero attached hydrogens (tertiary/aromatic N) is 3. The van der Waals surface area contributed by atoms with E-state index in [2.05, 4.69) is 39.1 Å². The van der Waals surface area contributed by atoms with Crippen LogP contribution in [0.25, 0.3) is 10.9 Å². The van der Waals surface area contributed by atoms with Crippen LogP contribution < -0.4 is 15.8 Å². The monoisotopic (exact) mass is 453 g/mol. The van der Waals surface area contributed by atoms with E-state index in [1.807, 2.05) is 30.3 Å². The first-order valence-electron chi connectivity index (χ1n) is 11.3. The number of piperazine rings is 1. The lowest BCUT2D eigenvalue weighted by Crippen LogP contribution is -2.44. The van der Waals surface area contributed by atoms with Gasteiger partial charge in [-0.3, -0.25) is 9.59 Å². The Hall–Kier alpha value is -2.71. The first-order valence-corrected chi connectivity index (χ1v) is 12.2. The maximum absolute atomic E-state index is 13.0. The second-order valence-corrected chi connectivity index (χ2v) is 9.53. The lowest BCUT2D eigenvalue weighted by atomic mass is 10.0. The number of nitrogens with one attached hydrogen (secondary N) is 2. The third-order valence-corrected chi connectivity index (χ3v) is 7.09. The Kier molecular flexibility index (Phi) is 7.22. The number of unbranched alkanes of at least 4 members (excludes halogenated alkanes) is 1. The molecule has 0 aliphatic carbocycles. The summed E-state index contributed by atoms with van der Waals surface area (Å²) < 4.78 is 0. The molecule has 1 unspecified atom stereocenters. The van der Waals surface area contributed by atoms with Gasteiger partial charge in [0.2, 0.25) is 0 Å². The number of amides is 1. The summed E-state index contributed by atoms with van der Waals surface area (Å²) in [5.74, 6) is -0.110. The summed E-state index contributed by atoms with van der Waals surface area (Å²) in [4.78, 5) is 38.2. The summed E-state index contributed by atoms with van der Waals surface area (Å²) in [6, 6.07) is 9.61. The molecule has 0 bridgehead atoms. The Labute approximate surface area is 192 Å². The fourth-order valence-corrected chi connectivity index (χ4v) is 4.93. The van der Waals surface area contributed by atoms with E-state index >= 15 is 0 Å². The number of aromatic amines is 1. The molecule has 1 saturated heterocycles. The Morgan fingerprint density at radius 2 is 2.03 bits per heavy atom. The Balaban J connectivity index is 1.46. The number of para-hydroxylation sites is 1. The van der Waals surface area contributed by atoms with Crippen molar-refractivity contribution in [2.75, 3.05) is 38.1 Å². The summed E-state index contributed by atoms with van der Waals surface area (Å²) in [6.07, 6.45) is 5.04. The minimum Gasteiger partial charge on any atom is -0.348 e. The van der Waals surface area contributed by atoms with Crippen LogP contribution in [0.5, 0.6) is 0 Å². The number of thiazole rings is 1. The van der Waals surface area contributed by atoms with Gasteiger partial charge in [-0.2, -0.15) is 0 Å². The topological polar surface area (TPSA) is 81.3 Å². The van der Waals surface area contributed by atoms with Gasteiger partial charge in [-0.05, 0) is 37.4 Å².